The van der Waals surface area contributed by atoms with Crippen molar-refractivity contribution < 1.29 is 4.79 Å². The third-order valence-electron chi connectivity index (χ3n) is 3.74. The fourth-order valence-electron chi connectivity index (χ4n) is 2.54. The number of carbonyl (C=O) groups is 1. The normalized spacial score (nSPS) is 11.4. The summed E-state index contributed by atoms with van der Waals surface area (Å²) in [6, 6.07) is 22.0. The Morgan fingerprint density at radius 1 is 1.00 bits per heavy atom. The van der Waals surface area contributed by atoms with Gasteiger partial charge in [-0.15, -0.1) is 0 Å². The molecule has 0 fully saturated rings. The molecule has 1 amide bonds. The predicted molar refractivity (Wildman–Crippen MR) is 107 cm³/mol. The molecule has 0 saturated heterocycles. The summed E-state index contributed by atoms with van der Waals surface area (Å²) in [6.07, 6.45) is 5.59. The molecule has 0 bridgehead atoms. The summed E-state index contributed by atoms with van der Waals surface area (Å²) in [5, 5.41) is 6.19. The van der Waals surface area contributed by atoms with E-state index in [2.05, 4.69) is 26.5 Å². The molecule has 3 aromatic rings. The van der Waals surface area contributed by atoms with Crippen molar-refractivity contribution in [3.05, 3.63) is 88.4 Å². The van der Waals surface area contributed by atoms with Crippen molar-refractivity contribution in [2.45, 2.75) is 6.42 Å². The fourth-order valence-corrected chi connectivity index (χ4v) is 2.80. The van der Waals surface area contributed by atoms with Crippen LogP contribution < -0.4 is 5.43 Å². The Bertz CT molecular complexity index is 925. The van der Waals surface area contributed by atoms with E-state index in [1.807, 2.05) is 72.8 Å². The Hall–Kier alpha value is -2.72. The number of fused-ring (bicyclic) bond motifs is 1. The van der Waals surface area contributed by atoms with Crippen molar-refractivity contribution >= 4 is 44.9 Å². The van der Waals surface area contributed by atoms with Gasteiger partial charge in [-0.3, -0.25) is 4.79 Å². The molecule has 0 aliphatic heterocycles. The third kappa shape index (κ3) is 4.88. The number of benzene rings is 3. The molecule has 0 aromatic heterocycles. The lowest BCUT2D eigenvalue weighted by Gasteiger charge is -2.05. The second kappa shape index (κ2) is 8.40. The Morgan fingerprint density at radius 3 is 2.60 bits per heavy atom. The van der Waals surface area contributed by atoms with Gasteiger partial charge in [0.15, 0.2) is 0 Å². The topological polar surface area (TPSA) is 41.5 Å². The summed E-state index contributed by atoms with van der Waals surface area (Å²) in [6.45, 7) is 0. The molecule has 3 rings (SSSR count). The van der Waals surface area contributed by atoms with E-state index in [1.54, 1.807) is 12.3 Å². The van der Waals surface area contributed by atoms with Crippen LogP contribution >= 0.6 is 15.9 Å². The number of hydrazone groups is 1. The molecule has 25 heavy (non-hydrogen) atoms. The summed E-state index contributed by atoms with van der Waals surface area (Å²) >= 11 is 3.40. The van der Waals surface area contributed by atoms with Crippen LogP contribution in [-0.4, -0.2) is 12.1 Å². The molecule has 0 heterocycles. The van der Waals surface area contributed by atoms with E-state index >= 15 is 0 Å². The van der Waals surface area contributed by atoms with Gasteiger partial charge in [-0.1, -0.05) is 76.6 Å². The Kier molecular flexibility index (Phi) is 5.75. The molecular weight excluding hydrogens is 376 g/mol. The van der Waals surface area contributed by atoms with Crippen LogP contribution in [0.25, 0.3) is 16.8 Å². The zero-order chi connectivity index (χ0) is 17.5. The first-order chi connectivity index (χ1) is 12.2. The maximum Gasteiger partial charge on any atom is 0.244 e. The Labute approximate surface area is 155 Å². The Morgan fingerprint density at radius 2 is 1.76 bits per heavy atom. The highest BCUT2D eigenvalue weighted by atomic mass is 79.9. The van der Waals surface area contributed by atoms with Gasteiger partial charge < -0.3 is 0 Å². The van der Waals surface area contributed by atoms with Crippen LogP contribution in [0.15, 0.2) is 82.4 Å². The van der Waals surface area contributed by atoms with Gasteiger partial charge in [0.2, 0.25) is 5.91 Å². The standard InChI is InChI=1S/C21H17BrN2O/c22-19-12-10-16(11-13-19)5-4-14-23-24-21(25)15-18-8-3-7-17-6-1-2-9-20(17)18/h1-14H,15H2,(H,24,25)/b5-4+,23-14-. The van der Waals surface area contributed by atoms with Gasteiger partial charge in [0.25, 0.3) is 0 Å². The van der Waals surface area contributed by atoms with Crippen molar-refractivity contribution in [2.75, 3.05) is 0 Å². The molecule has 124 valence electrons. The van der Waals surface area contributed by atoms with Gasteiger partial charge in [-0.2, -0.15) is 5.10 Å². The van der Waals surface area contributed by atoms with E-state index in [0.717, 1.165) is 26.4 Å². The highest BCUT2D eigenvalue weighted by Crippen LogP contribution is 2.18. The minimum atomic E-state index is -0.135. The molecule has 0 aliphatic rings. The lowest BCUT2D eigenvalue weighted by molar-refractivity contribution is -0.120. The molecule has 0 radical (unpaired) electrons. The van der Waals surface area contributed by atoms with E-state index in [9.17, 15) is 4.79 Å². The van der Waals surface area contributed by atoms with Crippen molar-refractivity contribution in [1.82, 2.24) is 5.43 Å². The molecule has 3 nitrogen and oxygen atoms in total. The third-order valence-corrected chi connectivity index (χ3v) is 4.27. The van der Waals surface area contributed by atoms with E-state index < -0.39 is 0 Å². The quantitative estimate of drug-likeness (QED) is 0.483. The summed E-state index contributed by atoms with van der Waals surface area (Å²) in [5.41, 5.74) is 4.63. The van der Waals surface area contributed by atoms with E-state index in [-0.39, 0.29) is 5.91 Å². The zero-order valence-electron chi connectivity index (χ0n) is 13.5. The van der Waals surface area contributed by atoms with Crippen LogP contribution in [0, 0.1) is 0 Å². The van der Waals surface area contributed by atoms with Gasteiger partial charge >= 0.3 is 0 Å². The van der Waals surface area contributed by atoms with Crippen LogP contribution in [0.2, 0.25) is 0 Å². The fraction of sp³-hybridized carbons (Fsp3) is 0.0476. The lowest BCUT2D eigenvalue weighted by atomic mass is 10.0. The smallest absolute Gasteiger partial charge is 0.244 e. The average molecular weight is 393 g/mol. The summed E-state index contributed by atoms with van der Waals surface area (Å²) < 4.78 is 1.04. The number of nitrogens with one attached hydrogen (secondary N) is 1. The van der Waals surface area contributed by atoms with Gasteiger partial charge in [-0.05, 0) is 40.1 Å². The lowest BCUT2D eigenvalue weighted by Crippen LogP contribution is -2.19. The minimum Gasteiger partial charge on any atom is -0.273 e. The molecule has 4 heteroatoms. The number of allylic oxidation sites excluding steroid dienone is 1. The molecule has 0 saturated carbocycles. The van der Waals surface area contributed by atoms with Crippen LogP contribution in [0.4, 0.5) is 0 Å². The van der Waals surface area contributed by atoms with Crippen LogP contribution in [-0.2, 0) is 11.2 Å². The number of nitrogens with zero attached hydrogens (tertiary/aromatic N) is 1. The second-order valence-electron chi connectivity index (χ2n) is 5.54. The highest BCUT2D eigenvalue weighted by molar-refractivity contribution is 9.10. The van der Waals surface area contributed by atoms with Crippen LogP contribution in [0.5, 0.6) is 0 Å². The van der Waals surface area contributed by atoms with Gasteiger partial charge in [0.05, 0.1) is 6.42 Å². The predicted octanol–water partition coefficient (Wildman–Crippen LogP) is 4.96. The SMILES string of the molecule is O=C(Cc1cccc2ccccc12)N/N=C\C=C\c1ccc(Br)cc1. The highest BCUT2D eigenvalue weighted by Gasteiger charge is 2.05. The first-order valence-corrected chi connectivity index (χ1v) is 8.72. The number of amides is 1. The first kappa shape index (κ1) is 17.1. The van der Waals surface area contributed by atoms with Crippen molar-refractivity contribution in [1.29, 1.82) is 0 Å². The van der Waals surface area contributed by atoms with Gasteiger partial charge in [0.1, 0.15) is 0 Å². The summed E-state index contributed by atoms with van der Waals surface area (Å²) in [4.78, 5) is 12.1. The van der Waals surface area contributed by atoms with Gasteiger partial charge in [-0.25, -0.2) is 5.43 Å². The van der Waals surface area contributed by atoms with E-state index in [1.165, 1.54) is 0 Å². The van der Waals surface area contributed by atoms with Crippen molar-refractivity contribution in [3.63, 3.8) is 0 Å². The van der Waals surface area contributed by atoms with E-state index in [0.29, 0.717) is 6.42 Å². The largest absolute Gasteiger partial charge is 0.273 e. The number of halogens is 1. The molecule has 0 aliphatic carbocycles. The van der Waals surface area contributed by atoms with Crippen LogP contribution in [0.3, 0.4) is 0 Å². The molecule has 0 atom stereocenters. The summed E-state index contributed by atoms with van der Waals surface area (Å²) in [5.74, 6) is -0.135. The van der Waals surface area contributed by atoms with Gasteiger partial charge in [0, 0.05) is 10.7 Å². The Balaban J connectivity index is 1.56. The zero-order valence-corrected chi connectivity index (χ0v) is 15.1. The number of hydrogen-bond donors (Lipinski definition) is 1. The van der Waals surface area contributed by atoms with Crippen molar-refractivity contribution in [3.8, 4) is 0 Å². The monoisotopic (exact) mass is 392 g/mol. The molecular formula is C21H17BrN2O. The van der Waals surface area contributed by atoms with E-state index in [4.69, 9.17) is 0 Å². The molecule has 1 N–H and O–H groups in total. The maximum absolute atomic E-state index is 12.1. The number of carbonyl (C=O) groups excluding carboxylic acids is 1. The number of rotatable bonds is 5. The molecule has 0 unspecified atom stereocenters. The first-order valence-electron chi connectivity index (χ1n) is 7.93. The molecule has 3 aromatic carbocycles. The van der Waals surface area contributed by atoms with Crippen LogP contribution in [0.1, 0.15) is 11.1 Å². The van der Waals surface area contributed by atoms with Crippen molar-refractivity contribution in [2.24, 2.45) is 5.10 Å². The summed E-state index contributed by atoms with van der Waals surface area (Å²) in [7, 11) is 0. The number of hydrogen-bond acceptors (Lipinski definition) is 2. The molecule has 0 spiro atoms. The average Bonchev–Trinajstić information content (AvgIpc) is 2.63. The minimum absolute atomic E-state index is 0.135. The second-order valence-corrected chi connectivity index (χ2v) is 6.45. The maximum atomic E-state index is 12.1.